The zero-order valence-electron chi connectivity index (χ0n) is 14.7. The Bertz CT molecular complexity index is 1270. The van der Waals surface area contributed by atoms with Gasteiger partial charge in [-0.05, 0) is 36.9 Å². The Kier molecular flexibility index (Phi) is 3.64. The number of hydrogen-bond acceptors (Lipinski definition) is 6. The predicted octanol–water partition coefficient (Wildman–Crippen LogP) is 3.53. The molecule has 5 rings (SSSR count). The first-order valence-electron chi connectivity index (χ1n) is 8.43. The Labute approximate surface area is 159 Å². The molecular formula is C19H15N7S. The van der Waals surface area contributed by atoms with Crippen LogP contribution in [0.5, 0.6) is 0 Å². The van der Waals surface area contributed by atoms with Crippen LogP contribution in [0.2, 0.25) is 0 Å². The van der Waals surface area contributed by atoms with Gasteiger partial charge in [-0.2, -0.15) is 5.10 Å². The Hall–Kier alpha value is -3.26. The highest BCUT2D eigenvalue weighted by molar-refractivity contribution is 7.99. The number of aromatic nitrogens is 7. The van der Waals surface area contributed by atoms with Crippen LogP contribution in [0.1, 0.15) is 5.69 Å². The van der Waals surface area contributed by atoms with E-state index in [9.17, 15) is 0 Å². The van der Waals surface area contributed by atoms with Gasteiger partial charge in [0.2, 0.25) is 0 Å². The smallest absolute Gasteiger partial charge is 0.197 e. The van der Waals surface area contributed by atoms with Gasteiger partial charge in [0.05, 0.1) is 11.2 Å². The molecule has 0 bridgehead atoms. The summed E-state index contributed by atoms with van der Waals surface area (Å²) in [5.74, 6) is 0.797. The van der Waals surface area contributed by atoms with Gasteiger partial charge in [0.25, 0.3) is 0 Å². The second-order valence-corrected chi connectivity index (χ2v) is 7.15. The summed E-state index contributed by atoms with van der Waals surface area (Å²) in [6.07, 6.45) is 3.50. The second kappa shape index (κ2) is 6.17. The molecule has 0 unspecified atom stereocenters. The van der Waals surface area contributed by atoms with Crippen molar-refractivity contribution in [2.75, 3.05) is 0 Å². The van der Waals surface area contributed by atoms with Crippen molar-refractivity contribution >= 4 is 28.3 Å². The highest BCUT2D eigenvalue weighted by Gasteiger charge is 2.16. The molecule has 1 aromatic carbocycles. The molecule has 0 aliphatic carbocycles. The molecule has 0 spiro atoms. The number of fused-ring (bicyclic) bond motifs is 3. The van der Waals surface area contributed by atoms with Crippen molar-refractivity contribution in [3.8, 4) is 11.4 Å². The van der Waals surface area contributed by atoms with Gasteiger partial charge in [0, 0.05) is 36.5 Å². The van der Waals surface area contributed by atoms with Crippen molar-refractivity contribution < 1.29 is 0 Å². The first kappa shape index (κ1) is 16.0. The number of aryl methyl sites for hydroxylation is 1. The topological polar surface area (TPSA) is 73.8 Å². The summed E-state index contributed by atoms with van der Waals surface area (Å²) < 4.78 is 3.86. The van der Waals surface area contributed by atoms with E-state index in [0.29, 0.717) is 0 Å². The molecule has 0 saturated carbocycles. The van der Waals surface area contributed by atoms with Crippen LogP contribution in [0.4, 0.5) is 0 Å². The predicted molar refractivity (Wildman–Crippen MR) is 104 cm³/mol. The van der Waals surface area contributed by atoms with Crippen LogP contribution in [0.3, 0.4) is 0 Å². The van der Waals surface area contributed by atoms with E-state index in [4.69, 9.17) is 4.98 Å². The summed E-state index contributed by atoms with van der Waals surface area (Å²) in [7, 11) is 1.96. The summed E-state index contributed by atoms with van der Waals surface area (Å²) in [6, 6.07) is 14.0. The lowest BCUT2D eigenvalue weighted by Crippen LogP contribution is -1.98. The third kappa shape index (κ3) is 2.65. The third-order valence-corrected chi connectivity index (χ3v) is 5.40. The molecule has 5 aromatic rings. The molecule has 4 aromatic heterocycles. The minimum atomic E-state index is 0.778. The zero-order valence-corrected chi connectivity index (χ0v) is 15.6. The van der Waals surface area contributed by atoms with E-state index < -0.39 is 0 Å². The average Bonchev–Trinajstić information content (AvgIpc) is 3.25. The van der Waals surface area contributed by atoms with Gasteiger partial charge in [0.1, 0.15) is 5.03 Å². The van der Waals surface area contributed by atoms with Crippen molar-refractivity contribution in [2.45, 2.75) is 17.1 Å². The number of pyridine rings is 1. The van der Waals surface area contributed by atoms with Crippen molar-refractivity contribution in [3.63, 3.8) is 0 Å². The first-order chi connectivity index (χ1) is 13.2. The minimum absolute atomic E-state index is 0.778. The van der Waals surface area contributed by atoms with Crippen molar-refractivity contribution in [1.82, 2.24) is 34.3 Å². The minimum Gasteiger partial charge on any atom is -0.305 e. The van der Waals surface area contributed by atoms with Gasteiger partial charge in [-0.3, -0.25) is 4.98 Å². The fourth-order valence-corrected chi connectivity index (χ4v) is 3.97. The molecule has 0 fully saturated rings. The summed E-state index contributed by atoms with van der Waals surface area (Å²) in [5, 5.41) is 16.0. The van der Waals surface area contributed by atoms with Crippen LogP contribution in [0, 0.1) is 6.92 Å². The average molecular weight is 373 g/mol. The van der Waals surface area contributed by atoms with Gasteiger partial charge in [-0.1, -0.05) is 18.2 Å². The first-order valence-corrected chi connectivity index (χ1v) is 9.25. The van der Waals surface area contributed by atoms with E-state index >= 15 is 0 Å². The summed E-state index contributed by atoms with van der Waals surface area (Å²) in [4.78, 5) is 8.87. The Morgan fingerprint density at radius 3 is 2.67 bits per heavy atom. The maximum Gasteiger partial charge on any atom is 0.197 e. The van der Waals surface area contributed by atoms with Gasteiger partial charge < -0.3 is 4.57 Å². The lowest BCUT2D eigenvalue weighted by molar-refractivity contribution is 0.792. The van der Waals surface area contributed by atoms with Crippen molar-refractivity contribution in [2.24, 2.45) is 7.05 Å². The third-order valence-electron chi connectivity index (χ3n) is 4.35. The van der Waals surface area contributed by atoms with Crippen molar-refractivity contribution in [1.29, 1.82) is 0 Å². The molecule has 0 amide bonds. The number of para-hydroxylation sites is 1. The number of benzene rings is 1. The molecule has 4 heterocycles. The van der Waals surface area contributed by atoms with Crippen molar-refractivity contribution in [3.05, 3.63) is 60.6 Å². The number of hydrogen-bond donors (Lipinski definition) is 0. The van der Waals surface area contributed by atoms with Gasteiger partial charge in [-0.25, -0.2) is 9.50 Å². The molecule has 27 heavy (non-hydrogen) atoms. The van der Waals surface area contributed by atoms with Crippen LogP contribution >= 0.6 is 11.8 Å². The van der Waals surface area contributed by atoms with Gasteiger partial charge in [-0.15, -0.1) is 10.2 Å². The largest absolute Gasteiger partial charge is 0.305 e. The van der Waals surface area contributed by atoms with E-state index in [0.717, 1.165) is 43.8 Å². The molecule has 132 valence electrons. The lowest BCUT2D eigenvalue weighted by atomic mass is 10.2. The summed E-state index contributed by atoms with van der Waals surface area (Å²) in [5.41, 5.74) is 3.76. The molecule has 0 N–H and O–H groups in total. The van der Waals surface area contributed by atoms with Crippen LogP contribution < -0.4 is 0 Å². The van der Waals surface area contributed by atoms with E-state index in [1.165, 1.54) is 11.8 Å². The summed E-state index contributed by atoms with van der Waals surface area (Å²) in [6.45, 7) is 1.97. The maximum absolute atomic E-state index is 4.81. The van der Waals surface area contributed by atoms with E-state index in [-0.39, 0.29) is 0 Å². The molecule has 7 nitrogen and oxygen atoms in total. The highest BCUT2D eigenvalue weighted by Crippen LogP contribution is 2.33. The number of rotatable bonds is 3. The molecule has 8 heteroatoms. The van der Waals surface area contributed by atoms with Gasteiger partial charge >= 0.3 is 0 Å². The molecule has 0 aliphatic heterocycles. The fraction of sp³-hybridized carbons (Fsp3) is 0.105. The van der Waals surface area contributed by atoms with Crippen LogP contribution in [0.15, 0.2) is 65.0 Å². The standard InChI is InChI=1S/C19H15N7S/c1-12-11-16-21-18(14-5-3-4-6-15(14)26(16)24-12)27-19-23-22-17(25(19)2)13-7-9-20-10-8-13/h3-11H,1-2H3. The van der Waals surface area contributed by atoms with E-state index in [1.54, 1.807) is 12.4 Å². The monoisotopic (exact) mass is 373 g/mol. The molecule has 0 radical (unpaired) electrons. The fourth-order valence-electron chi connectivity index (χ4n) is 3.07. The molecule has 0 aliphatic rings. The Balaban J connectivity index is 1.64. The SMILES string of the molecule is Cc1cc2nc(Sc3nnc(-c4ccncc4)n3C)c3ccccc3n2n1. The Morgan fingerprint density at radius 2 is 1.81 bits per heavy atom. The molecular weight excluding hydrogens is 358 g/mol. The molecule has 0 saturated heterocycles. The lowest BCUT2D eigenvalue weighted by Gasteiger charge is -2.07. The number of nitrogens with zero attached hydrogens (tertiary/aromatic N) is 7. The van der Waals surface area contributed by atoms with Crippen LogP contribution in [0.25, 0.3) is 27.9 Å². The van der Waals surface area contributed by atoms with Crippen LogP contribution in [-0.4, -0.2) is 34.3 Å². The second-order valence-electron chi connectivity index (χ2n) is 6.19. The normalized spacial score (nSPS) is 11.5. The van der Waals surface area contributed by atoms with E-state index in [2.05, 4.69) is 32.4 Å². The summed E-state index contributed by atoms with van der Waals surface area (Å²) >= 11 is 1.50. The van der Waals surface area contributed by atoms with Crippen LogP contribution in [-0.2, 0) is 7.05 Å². The highest BCUT2D eigenvalue weighted by atomic mass is 32.2. The molecule has 0 atom stereocenters. The Morgan fingerprint density at radius 1 is 1.00 bits per heavy atom. The maximum atomic E-state index is 4.81. The van der Waals surface area contributed by atoms with Gasteiger partial charge in [0.15, 0.2) is 16.6 Å². The quantitative estimate of drug-likeness (QED) is 0.451. The zero-order chi connectivity index (χ0) is 18.4. The van der Waals surface area contributed by atoms with E-state index in [1.807, 2.05) is 53.4 Å².